The molecule has 0 radical (unpaired) electrons. The van der Waals surface area contributed by atoms with Crippen LogP contribution < -0.4 is 0 Å². The minimum absolute atomic E-state index is 0.181. The van der Waals surface area contributed by atoms with E-state index in [2.05, 4.69) is 0 Å². The van der Waals surface area contributed by atoms with Crippen molar-refractivity contribution in [3.8, 4) is 0 Å². The van der Waals surface area contributed by atoms with Gasteiger partial charge in [0.1, 0.15) is 0 Å². The van der Waals surface area contributed by atoms with Crippen LogP contribution in [0.4, 0.5) is 0 Å². The van der Waals surface area contributed by atoms with Crippen molar-refractivity contribution in [3.63, 3.8) is 0 Å². The first kappa shape index (κ1) is 10.7. The third kappa shape index (κ3) is 1.38. The van der Waals surface area contributed by atoms with E-state index in [4.69, 9.17) is 10.2 Å². The quantitative estimate of drug-likeness (QED) is 0.759. The van der Waals surface area contributed by atoms with E-state index in [1.54, 1.807) is 12.1 Å². The summed E-state index contributed by atoms with van der Waals surface area (Å²) in [7, 11) is 0. The number of aliphatic carboxylic acids is 2. The number of carboxylic acids is 2. The van der Waals surface area contributed by atoms with E-state index in [1.165, 1.54) is 0 Å². The van der Waals surface area contributed by atoms with Crippen molar-refractivity contribution in [2.75, 3.05) is 0 Å². The van der Waals surface area contributed by atoms with E-state index in [1.807, 2.05) is 19.1 Å². The van der Waals surface area contributed by atoms with Crippen molar-refractivity contribution in [1.82, 2.24) is 0 Å². The molecule has 84 valence electrons. The van der Waals surface area contributed by atoms with Crippen molar-refractivity contribution < 1.29 is 19.8 Å². The molecule has 0 amide bonds. The first-order valence-electron chi connectivity index (χ1n) is 5.02. The molecule has 1 aliphatic carbocycles. The fourth-order valence-corrected chi connectivity index (χ4v) is 2.03. The van der Waals surface area contributed by atoms with Gasteiger partial charge in [-0.1, -0.05) is 29.8 Å². The molecule has 2 N–H and O–H groups in total. The number of hydrogen-bond donors (Lipinski definition) is 2. The zero-order valence-corrected chi connectivity index (χ0v) is 8.80. The van der Waals surface area contributed by atoms with Gasteiger partial charge >= 0.3 is 11.9 Å². The minimum Gasteiger partial charge on any atom is -0.480 e. The summed E-state index contributed by atoms with van der Waals surface area (Å²) < 4.78 is 0. The van der Waals surface area contributed by atoms with E-state index in [9.17, 15) is 9.59 Å². The summed E-state index contributed by atoms with van der Waals surface area (Å²) in [5.74, 6) is -2.89. The first-order valence-corrected chi connectivity index (χ1v) is 5.02. The van der Waals surface area contributed by atoms with E-state index in [-0.39, 0.29) is 6.42 Å². The Morgan fingerprint density at radius 3 is 2.06 bits per heavy atom. The number of benzene rings is 1. The predicted molar refractivity (Wildman–Crippen MR) is 56.2 cm³/mol. The lowest BCUT2D eigenvalue weighted by Gasteiger charge is -2.06. The highest BCUT2D eigenvalue weighted by molar-refractivity contribution is 6.03. The highest BCUT2D eigenvalue weighted by atomic mass is 16.4. The molecule has 0 heterocycles. The Morgan fingerprint density at radius 2 is 1.69 bits per heavy atom. The van der Waals surface area contributed by atoms with E-state index < -0.39 is 23.3 Å². The lowest BCUT2D eigenvalue weighted by molar-refractivity contribution is -0.157. The Hall–Kier alpha value is -1.84. The molecule has 1 saturated carbocycles. The molecule has 1 fully saturated rings. The second-order valence-electron chi connectivity index (χ2n) is 4.25. The molecule has 1 unspecified atom stereocenters. The smallest absolute Gasteiger partial charge is 0.321 e. The van der Waals surface area contributed by atoms with Crippen LogP contribution in [-0.4, -0.2) is 22.2 Å². The molecule has 0 spiro atoms. The number of carbonyl (C=O) groups is 2. The normalized spacial score (nSPS) is 21.4. The Morgan fingerprint density at radius 1 is 1.19 bits per heavy atom. The molecular formula is C12H12O4. The molecule has 1 aromatic rings. The van der Waals surface area contributed by atoms with Crippen molar-refractivity contribution in [3.05, 3.63) is 35.4 Å². The maximum absolute atomic E-state index is 11.0. The number of carboxylic acid groups (broad SMARTS) is 2. The van der Waals surface area contributed by atoms with Gasteiger partial charge < -0.3 is 10.2 Å². The highest BCUT2D eigenvalue weighted by Gasteiger charge is 2.67. The molecule has 2 rings (SSSR count). The second kappa shape index (κ2) is 3.33. The SMILES string of the molecule is Cc1ccc(C2CC2(C(=O)O)C(=O)O)cc1. The summed E-state index contributed by atoms with van der Waals surface area (Å²) in [4.78, 5) is 22.0. The van der Waals surface area contributed by atoms with Crippen LogP contribution in [0.2, 0.25) is 0 Å². The van der Waals surface area contributed by atoms with Gasteiger partial charge in [-0.05, 0) is 18.9 Å². The van der Waals surface area contributed by atoms with Crippen molar-refractivity contribution >= 4 is 11.9 Å². The molecule has 1 atom stereocenters. The van der Waals surface area contributed by atoms with Gasteiger partial charge in [-0.2, -0.15) is 0 Å². The highest BCUT2D eigenvalue weighted by Crippen LogP contribution is 2.59. The summed E-state index contributed by atoms with van der Waals surface area (Å²) >= 11 is 0. The number of hydrogen-bond acceptors (Lipinski definition) is 2. The van der Waals surface area contributed by atoms with Crippen LogP contribution in [0, 0.1) is 12.3 Å². The van der Waals surface area contributed by atoms with Gasteiger partial charge in [0.15, 0.2) is 5.41 Å². The van der Waals surface area contributed by atoms with Crippen LogP contribution in [0.25, 0.3) is 0 Å². The largest absolute Gasteiger partial charge is 0.480 e. The number of aryl methyl sites for hydroxylation is 1. The third-order valence-corrected chi connectivity index (χ3v) is 3.20. The molecule has 4 heteroatoms. The fourth-order valence-electron chi connectivity index (χ4n) is 2.03. The molecule has 1 aliphatic rings. The topological polar surface area (TPSA) is 74.6 Å². The average molecular weight is 220 g/mol. The van der Waals surface area contributed by atoms with Gasteiger partial charge in [0.2, 0.25) is 0 Å². The lowest BCUT2D eigenvalue weighted by atomic mass is 9.99. The molecule has 0 aromatic heterocycles. The van der Waals surface area contributed by atoms with Crippen molar-refractivity contribution in [2.45, 2.75) is 19.3 Å². The van der Waals surface area contributed by atoms with Crippen LogP contribution in [-0.2, 0) is 9.59 Å². The van der Waals surface area contributed by atoms with Gasteiger partial charge in [0, 0.05) is 5.92 Å². The van der Waals surface area contributed by atoms with E-state index in [0.717, 1.165) is 11.1 Å². The zero-order valence-electron chi connectivity index (χ0n) is 8.80. The molecule has 0 bridgehead atoms. The van der Waals surface area contributed by atoms with E-state index in [0.29, 0.717) is 0 Å². The summed E-state index contributed by atoms with van der Waals surface area (Å²) in [6, 6.07) is 7.32. The van der Waals surface area contributed by atoms with Crippen molar-refractivity contribution in [2.24, 2.45) is 5.41 Å². The summed E-state index contributed by atoms with van der Waals surface area (Å²) in [5, 5.41) is 18.0. The Labute approximate surface area is 92.5 Å². The molecule has 4 nitrogen and oxygen atoms in total. The first-order chi connectivity index (χ1) is 7.48. The Bertz CT molecular complexity index is 433. The van der Waals surface area contributed by atoms with Gasteiger partial charge in [-0.3, -0.25) is 9.59 Å². The molecule has 16 heavy (non-hydrogen) atoms. The maximum Gasteiger partial charge on any atom is 0.321 e. The molecule has 1 aromatic carbocycles. The predicted octanol–water partition coefficient (Wildman–Crippen LogP) is 1.64. The van der Waals surface area contributed by atoms with Gasteiger partial charge in [-0.25, -0.2) is 0 Å². The summed E-state index contributed by atoms with van der Waals surface area (Å²) in [6.07, 6.45) is 0.181. The van der Waals surface area contributed by atoms with Crippen LogP contribution in [0.5, 0.6) is 0 Å². The summed E-state index contributed by atoms with van der Waals surface area (Å²) in [6.45, 7) is 1.93. The minimum atomic E-state index is -1.60. The van der Waals surface area contributed by atoms with E-state index >= 15 is 0 Å². The standard InChI is InChI=1S/C12H12O4/c1-7-2-4-8(5-3-7)9-6-12(9,10(13)14)11(15)16/h2-5,9H,6H2,1H3,(H,13,14)(H,15,16). The molecular weight excluding hydrogens is 208 g/mol. The zero-order chi connectivity index (χ0) is 11.9. The van der Waals surface area contributed by atoms with Crippen LogP contribution in [0.15, 0.2) is 24.3 Å². The second-order valence-corrected chi connectivity index (χ2v) is 4.25. The van der Waals surface area contributed by atoms with Crippen molar-refractivity contribution in [1.29, 1.82) is 0 Å². The lowest BCUT2D eigenvalue weighted by Crippen LogP contribution is -2.26. The van der Waals surface area contributed by atoms with Crippen LogP contribution >= 0.6 is 0 Å². The average Bonchev–Trinajstić information content (AvgIpc) is 2.95. The molecule has 0 aliphatic heterocycles. The Balaban J connectivity index is 2.30. The van der Waals surface area contributed by atoms with Gasteiger partial charge in [0.05, 0.1) is 0 Å². The molecule has 0 saturated heterocycles. The van der Waals surface area contributed by atoms with Crippen LogP contribution in [0.3, 0.4) is 0 Å². The van der Waals surface area contributed by atoms with Gasteiger partial charge in [0.25, 0.3) is 0 Å². The summed E-state index contributed by atoms with van der Waals surface area (Å²) in [5.41, 5.74) is 0.256. The Kier molecular flexibility index (Phi) is 2.22. The van der Waals surface area contributed by atoms with Gasteiger partial charge in [-0.15, -0.1) is 0 Å². The number of rotatable bonds is 3. The fraction of sp³-hybridized carbons (Fsp3) is 0.333. The third-order valence-electron chi connectivity index (χ3n) is 3.20. The maximum atomic E-state index is 11.0. The monoisotopic (exact) mass is 220 g/mol. The van der Waals surface area contributed by atoms with Crippen LogP contribution in [0.1, 0.15) is 23.5 Å².